The van der Waals surface area contributed by atoms with Gasteiger partial charge < -0.3 is 29.0 Å². The summed E-state index contributed by atoms with van der Waals surface area (Å²) in [5.74, 6) is -2.66. The molecule has 0 aliphatic heterocycles. The van der Waals surface area contributed by atoms with Crippen molar-refractivity contribution in [3.63, 3.8) is 0 Å². The molecule has 0 aliphatic rings. The highest BCUT2D eigenvalue weighted by molar-refractivity contribution is 5.77. The zero-order chi connectivity index (χ0) is 26.0. The summed E-state index contributed by atoms with van der Waals surface area (Å²) in [6, 6.07) is 12.4. The normalized spacial score (nSPS) is 11.9. The molecule has 0 saturated heterocycles. The van der Waals surface area contributed by atoms with Gasteiger partial charge in [-0.05, 0) is 49.2 Å². The minimum Gasteiger partial charge on any atom is -0.507 e. The van der Waals surface area contributed by atoms with E-state index in [9.17, 15) is 29.7 Å². The summed E-state index contributed by atoms with van der Waals surface area (Å²) >= 11 is 0. The minimum atomic E-state index is -1.12. The van der Waals surface area contributed by atoms with E-state index in [4.69, 9.17) is 9.15 Å². The average Bonchev–Trinajstić information content (AvgIpc) is 2.85. The van der Waals surface area contributed by atoms with Crippen LogP contribution < -0.4 is 11.0 Å². The molecular formula is C27H25NO8. The first-order chi connectivity index (χ1) is 17.2. The third-order valence-electron chi connectivity index (χ3n) is 6.22. The van der Waals surface area contributed by atoms with Crippen molar-refractivity contribution in [1.29, 1.82) is 0 Å². The van der Waals surface area contributed by atoms with Gasteiger partial charge in [0.2, 0.25) is 0 Å². The third-order valence-corrected chi connectivity index (χ3v) is 6.22. The van der Waals surface area contributed by atoms with Crippen LogP contribution in [-0.2, 0) is 22.5 Å². The fourth-order valence-corrected chi connectivity index (χ4v) is 4.29. The van der Waals surface area contributed by atoms with Crippen LogP contribution in [0.15, 0.2) is 68.8 Å². The maximum absolute atomic E-state index is 13.6. The van der Waals surface area contributed by atoms with Crippen molar-refractivity contribution in [2.24, 2.45) is 0 Å². The first-order valence-electron chi connectivity index (χ1n) is 11.2. The summed E-state index contributed by atoms with van der Waals surface area (Å²) in [6.45, 7) is 1.83. The standard InChI is InChI=1S/C27H25NO8/c1-15-11-22(31)25(27(34)28(15)10-9-16-7-8-20(29)21(30)12-16)18(13-24(32)35-2)19-14-36-23-6-4-3-5-17(23)26(19)33/h3-8,11-12,14,18,29-31H,9-10,13H2,1-2H3. The van der Waals surface area contributed by atoms with Gasteiger partial charge >= 0.3 is 5.97 Å². The largest absolute Gasteiger partial charge is 0.507 e. The molecule has 1 atom stereocenters. The zero-order valence-electron chi connectivity index (χ0n) is 19.7. The van der Waals surface area contributed by atoms with E-state index in [-0.39, 0.29) is 46.7 Å². The number of hydrogen-bond acceptors (Lipinski definition) is 8. The van der Waals surface area contributed by atoms with Crippen molar-refractivity contribution >= 4 is 16.9 Å². The van der Waals surface area contributed by atoms with Crippen molar-refractivity contribution < 1.29 is 29.3 Å². The van der Waals surface area contributed by atoms with E-state index in [0.717, 1.165) is 0 Å². The van der Waals surface area contributed by atoms with Crippen LogP contribution >= 0.6 is 0 Å². The Morgan fingerprint density at radius 2 is 1.78 bits per heavy atom. The number of esters is 1. The molecule has 186 valence electrons. The highest BCUT2D eigenvalue weighted by Gasteiger charge is 2.29. The van der Waals surface area contributed by atoms with E-state index in [1.165, 1.54) is 36.1 Å². The summed E-state index contributed by atoms with van der Waals surface area (Å²) in [5.41, 5.74) is 0.422. The lowest BCUT2D eigenvalue weighted by molar-refractivity contribution is -0.140. The second-order valence-corrected chi connectivity index (χ2v) is 8.46. The molecule has 3 N–H and O–H groups in total. The number of benzene rings is 2. The van der Waals surface area contributed by atoms with Crippen molar-refractivity contribution in [2.45, 2.75) is 32.2 Å². The Bertz CT molecular complexity index is 1570. The molecule has 0 bridgehead atoms. The number of rotatable bonds is 7. The number of phenols is 2. The van der Waals surface area contributed by atoms with E-state index >= 15 is 0 Å². The number of aromatic nitrogens is 1. The number of carbonyl (C=O) groups is 1. The molecule has 2 heterocycles. The summed E-state index contributed by atoms with van der Waals surface area (Å²) in [5, 5.41) is 30.4. The average molecular weight is 491 g/mol. The minimum absolute atomic E-state index is 0.0466. The van der Waals surface area contributed by atoms with Crippen LogP contribution in [0.25, 0.3) is 11.0 Å². The van der Waals surface area contributed by atoms with E-state index in [0.29, 0.717) is 23.3 Å². The summed E-state index contributed by atoms with van der Waals surface area (Å²) < 4.78 is 11.8. The molecule has 2 aromatic carbocycles. The lowest BCUT2D eigenvalue weighted by Gasteiger charge is -2.20. The number of carbonyl (C=O) groups excluding carboxylic acids is 1. The molecule has 2 aromatic heterocycles. The number of nitrogens with zero attached hydrogens (tertiary/aromatic N) is 1. The van der Waals surface area contributed by atoms with Crippen molar-refractivity contribution in [3.05, 3.63) is 97.8 Å². The molecule has 36 heavy (non-hydrogen) atoms. The highest BCUT2D eigenvalue weighted by Crippen LogP contribution is 2.32. The maximum Gasteiger partial charge on any atom is 0.306 e. The number of aryl methyl sites for hydroxylation is 2. The van der Waals surface area contributed by atoms with Crippen LogP contribution in [0.5, 0.6) is 17.2 Å². The van der Waals surface area contributed by atoms with Crippen molar-refractivity contribution in [2.75, 3.05) is 7.11 Å². The molecule has 4 rings (SSSR count). The van der Waals surface area contributed by atoms with Gasteiger partial charge in [-0.2, -0.15) is 0 Å². The van der Waals surface area contributed by atoms with Crippen LogP contribution in [0.2, 0.25) is 0 Å². The Balaban J connectivity index is 1.83. The van der Waals surface area contributed by atoms with Gasteiger partial charge in [0.25, 0.3) is 5.56 Å². The smallest absolute Gasteiger partial charge is 0.306 e. The first kappa shape index (κ1) is 24.6. The third kappa shape index (κ3) is 4.68. The Labute approximate surface area is 205 Å². The highest BCUT2D eigenvalue weighted by atomic mass is 16.5. The van der Waals surface area contributed by atoms with Gasteiger partial charge in [0.05, 0.1) is 30.7 Å². The van der Waals surface area contributed by atoms with Crippen LogP contribution in [0.3, 0.4) is 0 Å². The molecular weight excluding hydrogens is 466 g/mol. The predicted molar refractivity (Wildman–Crippen MR) is 132 cm³/mol. The van der Waals surface area contributed by atoms with Crippen LogP contribution in [0, 0.1) is 6.92 Å². The second-order valence-electron chi connectivity index (χ2n) is 8.46. The molecule has 0 fully saturated rings. The molecule has 9 heteroatoms. The van der Waals surface area contributed by atoms with Crippen LogP contribution in [0.1, 0.15) is 34.7 Å². The number of aromatic hydroxyl groups is 3. The predicted octanol–water partition coefficient (Wildman–Crippen LogP) is 3.32. The number of methoxy groups -OCH3 is 1. The van der Waals surface area contributed by atoms with Crippen LogP contribution in [-0.4, -0.2) is 33.0 Å². The van der Waals surface area contributed by atoms with E-state index in [2.05, 4.69) is 0 Å². The molecule has 0 amide bonds. The Morgan fingerprint density at radius 3 is 2.50 bits per heavy atom. The zero-order valence-corrected chi connectivity index (χ0v) is 19.7. The first-order valence-corrected chi connectivity index (χ1v) is 11.2. The van der Waals surface area contributed by atoms with Gasteiger partial charge in [-0.25, -0.2) is 0 Å². The topological polar surface area (TPSA) is 139 Å². The van der Waals surface area contributed by atoms with Crippen LogP contribution in [0.4, 0.5) is 0 Å². The number of phenolic OH excluding ortho intramolecular Hbond substituents is 2. The molecule has 4 aromatic rings. The maximum atomic E-state index is 13.6. The van der Waals surface area contributed by atoms with Gasteiger partial charge in [-0.15, -0.1) is 0 Å². The van der Waals surface area contributed by atoms with E-state index in [1.54, 1.807) is 37.3 Å². The molecule has 0 spiro atoms. The van der Waals surface area contributed by atoms with Gasteiger partial charge in [0.1, 0.15) is 11.3 Å². The molecule has 1 unspecified atom stereocenters. The quantitative estimate of drug-likeness (QED) is 0.264. The molecule has 0 saturated carbocycles. The van der Waals surface area contributed by atoms with Crippen molar-refractivity contribution in [1.82, 2.24) is 4.57 Å². The Hall–Kier alpha value is -4.53. The van der Waals surface area contributed by atoms with Gasteiger partial charge in [0.15, 0.2) is 16.9 Å². The van der Waals surface area contributed by atoms with Gasteiger partial charge in [-0.3, -0.25) is 14.4 Å². The summed E-state index contributed by atoms with van der Waals surface area (Å²) in [6.07, 6.45) is 1.18. The number of ether oxygens (including phenoxy) is 1. The number of para-hydroxylation sites is 1. The molecule has 0 aliphatic carbocycles. The number of hydrogen-bond donors (Lipinski definition) is 3. The lowest BCUT2D eigenvalue weighted by Crippen LogP contribution is -2.30. The lowest BCUT2D eigenvalue weighted by atomic mass is 9.88. The van der Waals surface area contributed by atoms with E-state index in [1.807, 2.05) is 0 Å². The SMILES string of the molecule is COC(=O)CC(c1coc2ccccc2c1=O)c1c(O)cc(C)n(CCc2ccc(O)c(O)c2)c1=O. The number of pyridine rings is 1. The van der Waals surface area contributed by atoms with Crippen molar-refractivity contribution in [3.8, 4) is 17.2 Å². The summed E-state index contributed by atoms with van der Waals surface area (Å²) in [4.78, 5) is 39.3. The fourth-order valence-electron chi connectivity index (χ4n) is 4.29. The Kier molecular flexibility index (Phi) is 6.82. The molecule has 9 nitrogen and oxygen atoms in total. The van der Waals surface area contributed by atoms with Gasteiger partial charge in [0, 0.05) is 23.7 Å². The fraction of sp³-hybridized carbons (Fsp3) is 0.222. The number of fused-ring (bicyclic) bond motifs is 1. The van der Waals surface area contributed by atoms with E-state index < -0.39 is 22.9 Å². The second kappa shape index (κ2) is 9.99. The monoisotopic (exact) mass is 491 g/mol. The Morgan fingerprint density at radius 1 is 1.03 bits per heavy atom. The molecule has 0 radical (unpaired) electrons. The summed E-state index contributed by atoms with van der Waals surface area (Å²) in [7, 11) is 1.20. The van der Waals surface area contributed by atoms with Gasteiger partial charge in [-0.1, -0.05) is 18.2 Å².